The molecule has 0 aliphatic heterocycles. The van der Waals surface area contributed by atoms with Gasteiger partial charge in [-0.15, -0.1) is 0 Å². The molecule has 2 nitrogen and oxygen atoms in total. The molecule has 0 aliphatic rings. The number of hydrogen-bond acceptors (Lipinski definition) is 2. The Balaban J connectivity index is 3.12. The second-order valence-electron chi connectivity index (χ2n) is 4.21. The van der Waals surface area contributed by atoms with Crippen molar-refractivity contribution in [2.75, 3.05) is 6.61 Å². The molecule has 0 unspecified atom stereocenters. The van der Waals surface area contributed by atoms with E-state index in [-0.39, 0.29) is 5.97 Å². The Hall–Kier alpha value is 0.0800. The molecule has 0 saturated carbocycles. The standard InChI is InChI=1S/C13H21Cl3O2/c1-2-12(17)18-11-9-7-5-3-4-6-8-10-13(14,15)16/h2H,1,3-11H2. The maximum absolute atomic E-state index is 10.7. The van der Waals surface area contributed by atoms with Gasteiger partial charge in [-0.2, -0.15) is 0 Å². The molecule has 0 spiro atoms. The van der Waals surface area contributed by atoms with Crippen LogP contribution in [0.3, 0.4) is 0 Å². The molecular weight excluding hydrogens is 294 g/mol. The van der Waals surface area contributed by atoms with E-state index in [0.29, 0.717) is 13.0 Å². The first-order valence-corrected chi connectivity index (χ1v) is 7.45. The van der Waals surface area contributed by atoms with E-state index >= 15 is 0 Å². The summed E-state index contributed by atoms with van der Waals surface area (Å²) in [6.45, 7) is 3.82. The Bertz CT molecular complexity index is 237. The number of alkyl halides is 3. The molecule has 0 heterocycles. The molecule has 0 bridgehead atoms. The minimum Gasteiger partial charge on any atom is -0.463 e. The third kappa shape index (κ3) is 14.1. The smallest absolute Gasteiger partial charge is 0.330 e. The number of carbonyl (C=O) groups excluding carboxylic acids is 1. The molecule has 0 N–H and O–H groups in total. The van der Waals surface area contributed by atoms with Crippen molar-refractivity contribution in [3.05, 3.63) is 12.7 Å². The number of ether oxygens (including phenoxy) is 1. The zero-order chi connectivity index (χ0) is 13.9. The molecule has 0 aromatic heterocycles. The van der Waals surface area contributed by atoms with Crippen molar-refractivity contribution < 1.29 is 9.53 Å². The van der Waals surface area contributed by atoms with Gasteiger partial charge in [0.05, 0.1) is 6.61 Å². The van der Waals surface area contributed by atoms with Crippen LogP contribution in [-0.4, -0.2) is 16.4 Å². The van der Waals surface area contributed by atoms with E-state index in [2.05, 4.69) is 6.58 Å². The highest BCUT2D eigenvalue weighted by molar-refractivity contribution is 6.67. The van der Waals surface area contributed by atoms with Gasteiger partial charge in [-0.25, -0.2) is 4.79 Å². The Morgan fingerprint density at radius 3 is 2.00 bits per heavy atom. The lowest BCUT2D eigenvalue weighted by Crippen LogP contribution is -2.01. The molecular formula is C13H21Cl3O2. The highest BCUT2D eigenvalue weighted by Crippen LogP contribution is 2.32. The molecule has 18 heavy (non-hydrogen) atoms. The second kappa shape index (κ2) is 11.0. The Labute approximate surface area is 125 Å². The molecule has 0 amide bonds. The van der Waals surface area contributed by atoms with Gasteiger partial charge in [0.25, 0.3) is 0 Å². The predicted molar refractivity (Wildman–Crippen MR) is 78.4 cm³/mol. The van der Waals surface area contributed by atoms with E-state index in [1.807, 2.05) is 0 Å². The summed E-state index contributed by atoms with van der Waals surface area (Å²) in [5.74, 6) is -0.346. The topological polar surface area (TPSA) is 26.3 Å². The van der Waals surface area contributed by atoms with E-state index in [4.69, 9.17) is 39.5 Å². The molecule has 0 saturated heterocycles. The van der Waals surface area contributed by atoms with Gasteiger partial charge in [0.2, 0.25) is 0 Å². The van der Waals surface area contributed by atoms with Crippen molar-refractivity contribution in [3.63, 3.8) is 0 Å². The van der Waals surface area contributed by atoms with Gasteiger partial charge < -0.3 is 4.74 Å². The second-order valence-corrected chi connectivity index (χ2v) is 6.73. The van der Waals surface area contributed by atoms with Crippen LogP contribution in [0.2, 0.25) is 0 Å². The van der Waals surface area contributed by atoms with Crippen LogP contribution >= 0.6 is 34.8 Å². The quantitative estimate of drug-likeness (QED) is 0.239. The molecule has 106 valence electrons. The third-order valence-electron chi connectivity index (χ3n) is 2.52. The molecule has 0 fully saturated rings. The Morgan fingerprint density at radius 1 is 1.00 bits per heavy atom. The van der Waals surface area contributed by atoms with Crippen LogP contribution in [0.25, 0.3) is 0 Å². The van der Waals surface area contributed by atoms with Crippen LogP contribution < -0.4 is 0 Å². The minimum atomic E-state index is -1.10. The lowest BCUT2D eigenvalue weighted by atomic mass is 10.1. The lowest BCUT2D eigenvalue weighted by molar-refractivity contribution is -0.137. The van der Waals surface area contributed by atoms with Crippen LogP contribution in [0.5, 0.6) is 0 Å². The SMILES string of the molecule is C=CC(=O)OCCCCCCCCCC(Cl)(Cl)Cl. The van der Waals surface area contributed by atoms with Gasteiger partial charge in [-0.3, -0.25) is 0 Å². The average molecular weight is 316 g/mol. The summed E-state index contributed by atoms with van der Waals surface area (Å²) in [7, 11) is 0. The van der Waals surface area contributed by atoms with Crippen LogP contribution in [0.1, 0.15) is 51.4 Å². The third-order valence-corrected chi connectivity index (χ3v) is 3.08. The largest absolute Gasteiger partial charge is 0.463 e. The van der Waals surface area contributed by atoms with Gasteiger partial charge in [0, 0.05) is 6.08 Å². The molecule has 0 rings (SSSR count). The normalized spacial score (nSPS) is 11.3. The Morgan fingerprint density at radius 2 is 1.50 bits per heavy atom. The van der Waals surface area contributed by atoms with Crippen LogP contribution in [-0.2, 0) is 9.53 Å². The maximum atomic E-state index is 10.7. The monoisotopic (exact) mass is 314 g/mol. The van der Waals surface area contributed by atoms with E-state index < -0.39 is 3.79 Å². The van der Waals surface area contributed by atoms with E-state index in [0.717, 1.165) is 38.5 Å². The first kappa shape index (κ1) is 18.1. The predicted octanol–water partition coefficient (Wildman–Crippen LogP) is 5.21. The van der Waals surface area contributed by atoms with Crippen molar-refractivity contribution in [3.8, 4) is 0 Å². The van der Waals surface area contributed by atoms with Crippen molar-refractivity contribution in [2.24, 2.45) is 0 Å². The van der Waals surface area contributed by atoms with E-state index in [1.54, 1.807) is 0 Å². The molecule has 5 heteroatoms. The number of halogens is 3. The molecule has 0 radical (unpaired) electrons. The van der Waals surface area contributed by atoms with Crippen molar-refractivity contribution in [1.82, 2.24) is 0 Å². The summed E-state index contributed by atoms with van der Waals surface area (Å²) < 4.78 is 3.77. The van der Waals surface area contributed by atoms with E-state index in [1.165, 1.54) is 12.5 Å². The van der Waals surface area contributed by atoms with Crippen LogP contribution in [0.15, 0.2) is 12.7 Å². The first-order chi connectivity index (χ1) is 8.45. The highest BCUT2D eigenvalue weighted by Gasteiger charge is 2.17. The zero-order valence-electron chi connectivity index (χ0n) is 10.6. The fourth-order valence-corrected chi connectivity index (χ4v) is 1.94. The fraction of sp³-hybridized carbons (Fsp3) is 0.769. The fourth-order valence-electron chi connectivity index (χ4n) is 1.54. The van der Waals surface area contributed by atoms with Crippen molar-refractivity contribution >= 4 is 40.8 Å². The minimum absolute atomic E-state index is 0.346. The van der Waals surface area contributed by atoms with Crippen LogP contribution in [0.4, 0.5) is 0 Å². The number of unbranched alkanes of at least 4 members (excludes halogenated alkanes) is 6. The first-order valence-electron chi connectivity index (χ1n) is 6.31. The van der Waals surface area contributed by atoms with Gasteiger partial charge in [0.15, 0.2) is 3.79 Å². The summed E-state index contributed by atoms with van der Waals surface area (Å²) in [4.78, 5) is 10.7. The van der Waals surface area contributed by atoms with Crippen molar-refractivity contribution in [2.45, 2.75) is 55.2 Å². The maximum Gasteiger partial charge on any atom is 0.330 e. The summed E-state index contributed by atoms with van der Waals surface area (Å²) in [6, 6.07) is 0. The number of carbonyl (C=O) groups is 1. The summed E-state index contributed by atoms with van der Waals surface area (Å²) >= 11 is 17.0. The molecule has 0 aromatic rings. The molecule has 0 aromatic carbocycles. The van der Waals surface area contributed by atoms with E-state index in [9.17, 15) is 4.79 Å². The zero-order valence-corrected chi connectivity index (χ0v) is 12.9. The lowest BCUT2D eigenvalue weighted by Gasteiger charge is -2.09. The number of rotatable bonds is 10. The van der Waals surface area contributed by atoms with Gasteiger partial charge in [0.1, 0.15) is 0 Å². The number of hydrogen-bond donors (Lipinski definition) is 0. The molecule has 0 atom stereocenters. The molecule has 0 aliphatic carbocycles. The summed E-state index contributed by atoms with van der Waals surface area (Å²) in [5, 5.41) is 0. The number of esters is 1. The Kier molecular flexibility index (Phi) is 11.0. The summed E-state index contributed by atoms with van der Waals surface area (Å²) in [5.41, 5.74) is 0. The van der Waals surface area contributed by atoms with Gasteiger partial charge >= 0.3 is 5.97 Å². The summed E-state index contributed by atoms with van der Waals surface area (Å²) in [6.07, 6.45) is 9.33. The van der Waals surface area contributed by atoms with Crippen LogP contribution in [0, 0.1) is 0 Å². The van der Waals surface area contributed by atoms with Gasteiger partial charge in [-0.1, -0.05) is 73.5 Å². The average Bonchev–Trinajstić information content (AvgIpc) is 2.29. The van der Waals surface area contributed by atoms with Crippen molar-refractivity contribution in [1.29, 1.82) is 0 Å². The van der Waals surface area contributed by atoms with Gasteiger partial charge in [-0.05, 0) is 19.3 Å². The highest BCUT2D eigenvalue weighted by atomic mass is 35.6.